The zero-order chi connectivity index (χ0) is 11.9. The molecule has 1 fully saturated rings. The summed E-state index contributed by atoms with van der Waals surface area (Å²) in [6.07, 6.45) is 5.31. The number of hydrogen-bond acceptors (Lipinski definition) is 2. The van der Waals surface area contributed by atoms with Crippen molar-refractivity contribution in [1.82, 2.24) is 5.32 Å². The molecule has 2 nitrogen and oxygen atoms in total. The van der Waals surface area contributed by atoms with Crippen LogP contribution in [0.4, 0.5) is 0 Å². The Hall–Kier alpha value is -0.540. The molecule has 1 atom stereocenters. The summed E-state index contributed by atoms with van der Waals surface area (Å²) >= 11 is 7.68. The molecule has 0 aromatic carbocycles. The fraction of sp³-hybridized carbons (Fsp3) is 0.615. The fourth-order valence-electron chi connectivity index (χ4n) is 2.55. The van der Waals surface area contributed by atoms with E-state index >= 15 is 0 Å². The Morgan fingerprint density at radius 2 is 2.41 bits per heavy atom. The number of halogens is 1. The number of aryl methyl sites for hydroxylation is 1. The molecule has 1 saturated carbocycles. The van der Waals surface area contributed by atoms with Crippen LogP contribution >= 0.6 is 22.9 Å². The van der Waals surface area contributed by atoms with Crippen LogP contribution in [0, 0.1) is 0 Å². The first-order chi connectivity index (χ1) is 8.24. The van der Waals surface area contributed by atoms with Crippen molar-refractivity contribution in [1.29, 1.82) is 0 Å². The standard InChI is InChI=1S/C13H16ClNOS/c14-8-13(5-6-13)15-12(16)10-2-1-3-11-9(10)4-7-17-11/h4,7,10H,1-3,5-6,8H2,(H,15,16). The number of carbonyl (C=O) groups is 1. The van der Waals surface area contributed by atoms with Gasteiger partial charge in [-0.25, -0.2) is 0 Å². The van der Waals surface area contributed by atoms with Gasteiger partial charge in [0.25, 0.3) is 0 Å². The molecule has 17 heavy (non-hydrogen) atoms. The number of hydrogen-bond donors (Lipinski definition) is 1. The molecular formula is C13H16ClNOS. The topological polar surface area (TPSA) is 29.1 Å². The van der Waals surface area contributed by atoms with Crippen molar-refractivity contribution in [2.45, 2.75) is 43.6 Å². The Morgan fingerprint density at radius 1 is 1.59 bits per heavy atom. The van der Waals surface area contributed by atoms with Gasteiger partial charge in [-0.1, -0.05) is 0 Å². The summed E-state index contributed by atoms with van der Waals surface area (Å²) in [6, 6.07) is 2.11. The second kappa shape index (κ2) is 4.29. The van der Waals surface area contributed by atoms with Crippen molar-refractivity contribution < 1.29 is 4.79 Å². The van der Waals surface area contributed by atoms with E-state index in [0.29, 0.717) is 5.88 Å². The third-order valence-corrected chi connectivity index (χ3v) is 5.37. The molecule has 1 heterocycles. The molecule has 2 aliphatic rings. The average molecular weight is 270 g/mol. The van der Waals surface area contributed by atoms with Crippen molar-refractivity contribution in [3.8, 4) is 0 Å². The van der Waals surface area contributed by atoms with Crippen LogP contribution in [0.25, 0.3) is 0 Å². The van der Waals surface area contributed by atoms with Gasteiger partial charge in [0.05, 0.1) is 11.5 Å². The van der Waals surface area contributed by atoms with Crippen LogP contribution in [-0.2, 0) is 11.2 Å². The van der Waals surface area contributed by atoms with Crippen LogP contribution in [0.3, 0.4) is 0 Å². The number of fused-ring (bicyclic) bond motifs is 1. The van der Waals surface area contributed by atoms with Gasteiger partial charge in [0, 0.05) is 10.8 Å². The van der Waals surface area contributed by atoms with Crippen LogP contribution in [0.2, 0.25) is 0 Å². The van der Waals surface area contributed by atoms with Crippen molar-refractivity contribution in [2.75, 3.05) is 5.88 Å². The second-order valence-corrected chi connectivity index (χ2v) is 6.42. The van der Waals surface area contributed by atoms with Gasteiger partial charge in [0.1, 0.15) is 0 Å². The Bertz CT molecular complexity index is 438. The zero-order valence-electron chi connectivity index (χ0n) is 9.67. The number of rotatable bonds is 3. The van der Waals surface area contributed by atoms with E-state index in [1.807, 2.05) is 0 Å². The minimum Gasteiger partial charge on any atom is -0.349 e. The Kier molecular flexibility index (Phi) is 2.91. The Balaban J connectivity index is 1.75. The summed E-state index contributed by atoms with van der Waals surface area (Å²) in [5, 5.41) is 5.25. The van der Waals surface area contributed by atoms with Crippen molar-refractivity contribution >= 4 is 28.8 Å². The van der Waals surface area contributed by atoms with E-state index in [4.69, 9.17) is 11.6 Å². The highest BCUT2D eigenvalue weighted by atomic mass is 35.5. The van der Waals surface area contributed by atoms with Crippen LogP contribution in [-0.4, -0.2) is 17.3 Å². The summed E-state index contributed by atoms with van der Waals surface area (Å²) < 4.78 is 0. The monoisotopic (exact) mass is 269 g/mol. The van der Waals surface area contributed by atoms with Gasteiger partial charge in [0.15, 0.2) is 0 Å². The zero-order valence-corrected chi connectivity index (χ0v) is 11.2. The molecule has 1 N–H and O–H groups in total. The first-order valence-electron chi connectivity index (χ1n) is 6.18. The van der Waals surface area contributed by atoms with Crippen LogP contribution < -0.4 is 5.32 Å². The van der Waals surface area contributed by atoms with Gasteiger partial charge in [-0.15, -0.1) is 22.9 Å². The molecule has 3 rings (SSSR count). The lowest BCUT2D eigenvalue weighted by Crippen LogP contribution is -2.41. The van der Waals surface area contributed by atoms with E-state index in [-0.39, 0.29) is 17.4 Å². The fourth-order valence-corrected chi connectivity index (χ4v) is 3.87. The number of carbonyl (C=O) groups excluding carboxylic acids is 1. The van der Waals surface area contributed by atoms with Gasteiger partial charge < -0.3 is 5.32 Å². The minimum atomic E-state index is -0.0771. The molecule has 0 radical (unpaired) electrons. The van der Waals surface area contributed by atoms with Crippen LogP contribution in [0.5, 0.6) is 0 Å². The van der Waals surface area contributed by atoms with Gasteiger partial charge in [-0.2, -0.15) is 0 Å². The van der Waals surface area contributed by atoms with E-state index in [9.17, 15) is 4.79 Å². The molecule has 4 heteroatoms. The van der Waals surface area contributed by atoms with E-state index in [1.165, 1.54) is 10.4 Å². The lowest BCUT2D eigenvalue weighted by molar-refractivity contribution is -0.123. The maximum atomic E-state index is 12.3. The molecule has 1 aromatic rings. The van der Waals surface area contributed by atoms with Crippen LogP contribution in [0.1, 0.15) is 42.0 Å². The third-order valence-electron chi connectivity index (χ3n) is 3.87. The predicted octanol–water partition coefficient (Wildman–Crippen LogP) is 3.06. The molecule has 0 saturated heterocycles. The Morgan fingerprint density at radius 3 is 3.12 bits per heavy atom. The highest BCUT2D eigenvalue weighted by Gasteiger charge is 2.44. The first-order valence-corrected chi connectivity index (χ1v) is 7.60. The summed E-state index contributed by atoms with van der Waals surface area (Å²) in [7, 11) is 0. The van der Waals surface area contributed by atoms with Gasteiger partial charge in [-0.05, 0) is 49.1 Å². The Labute approximate surface area is 110 Å². The van der Waals surface area contributed by atoms with Gasteiger partial charge in [0.2, 0.25) is 5.91 Å². The molecule has 1 aromatic heterocycles. The van der Waals surface area contributed by atoms with Gasteiger partial charge in [-0.3, -0.25) is 4.79 Å². The normalized spacial score (nSPS) is 25.1. The lowest BCUT2D eigenvalue weighted by atomic mass is 9.87. The lowest BCUT2D eigenvalue weighted by Gasteiger charge is -2.24. The maximum absolute atomic E-state index is 12.3. The van der Waals surface area contributed by atoms with Gasteiger partial charge >= 0.3 is 0 Å². The number of nitrogens with one attached hydrogen (secondary N) is 1. The maximum Gasteiger partial charge on any atom is 0.228 e. The van der Waals surface area contributed by atoms with Crippen molar-refractivity contribution in [2.24, 2.45) is 0 Å². The number of amides is 1. The smallest absolute Gasteiger partial charge is 0.228 e. The molecule has 0 spiro atoms. The molecule has 0 aliphatic heterocycles. The molecule has 1 amide bonds. The molecule has 92 valence electrons. The van der Waals surface area contributed by atoms with Crippen LogP contribution in [0.15, 0.2) is 11.4 Å². The summed E-state index contributed by atoms with van der Waals surface area (Å²) in [4.78, 5) is 13.7. The van der Waals surface area contributed by atoms with E-state index in [1.54, 1.807) is 11.3 Å². The van der Waals surface area contributed by atoms with Crippen molar-refractivity contribution in [3.05, 3.63) is 21.9 Å². The predicted molar refractivity (Wildman–Crippen MR) is 70.8 cm³/mol. The average Bonchev–Trinajstić information content (AvgIpc) is 2.95. The SMILES string of the molecule is O=C(NC1(CCl)CC1)C1CCCc2sccc21. The number of alkyl halides is 1. The molecule has 2 aliphatic carbocycles. The minimum absolute atomic E-state index is 0.0608. The third kappa shape index (κ3) is 2.11. The van der Waals surface area contributed by atoms with E-state index in [2.05, 4.69) is 16.8 Å². The summed E-state index contributed by atoms with van der Waals surface area (Å²) in [6.45, 7) is 0. The highest BCUT2D eigenvalue weighted by molar-refractivity contribution is 7.10. The largest absolute Gasteiger partial charge is 0.349 e. The van der Waals surface area contributed by atoms with Crippen molar-refractivity contribution in [3.63, 3.8) is 0 Å². The second-order valence-electron chi connectivity index (χ2n) is 5.15. The quantitative estimate of drug-likeness (QED) is 0.840. The number of thiophene rings is 1. The highest BCUT2D eigenvalue weighted by Crippen LogP contribution is 2.39. The molecule has 1 unspecified atom stereocenters. The van der Waals surface area contributed by atoms with E-state index < -0.39 is 0 Å². The molecule has 0 bridgehead atoms. The summed E-state index contributed by atoms with van der Waals surface area (Å²) in [5.41, 5.74) is 1.18. The first kappa shape index (κ1) is 11.5. The molecular weight excluding hydrogens is 254 g/mol. The summed E-state index contributed by atoms with van der Waals surface area (Å²) in [5.74, 6) is 0.787. The van der Waals surface area contributed by atoms with E-state index in [0.717, 1.165) is 32.1 Å².